The second-order valence-electron chi connectivity index (χ2n) is 5.80. The summed E-state index contributed by atoms with van der Waals surface area (Å²) in [5.74, 6) is -1.81. The van der Waals surface area contributed by atoms with E-state index in [0.29, 0.717) is 5.56 Å². The highest BCUT2D eigenvalue weighted by Crippen LogP contribution is 2.21. The van der Waals surface area contributed by atoms with Gasteiger partial charge in [0.1, 0.15) is 17.1 Å². The molecule has 0 unspecified atom stereocenters. The molecular weight excluding hydrogens is 290 g/mol. The summed E-state index contributed by atoms with van der Waals surface area (Å²) in [6, 6.07) is 3.76. The summed E-state index contributed by atoms with van der Waals surface area (Å²) < 4.78 is 32.3. The average molecular weight is 306 g/mol. The summed E-state index contributed by atoms with van der Waals surface area (Å²) >= 11 is 0. The van der Waals surface area contributed by atoms with Gasteiger partial charge in [-0.25, -0.2) is 9.37 Å². The van der Waals surface area contributed by atoms with Gasteiger partial charge in [0.15, 0.2) is 0 Å². The Bertz CT molecular complexity index is 697. The van der Waals surface area contributed by atoms with Crippen LogP contribution in [0.1, 0.15) is 26.3 Å². The van der Waals surface area contributed by atoms with Crippen LogP contribution >= 0.6 is 0 Å². The second-order valence-corrected chi connectivity index (χ2v) is 5.80. The molecule has 2 aromatic heterocycles. The zero-order valence-electron chi connectivity index (χ0n) is 12.6. The number of hydrogen-bond donors (Lipinski definition) is 0. The van der Waals surface area contributed by atoms with Crippen molar-refractivity contribution in [2.45, 2.75) is 32.8 Å². The van der Waals surface area contributed by atoms with Crippen LogP contribution in [0.15, 0.2) is 30.6 Å². The van der Waals surface area contributed by atoms with Crippen LogP contribution in [0.4, 0.5) is 8.78 Å². The van der Waals surface area contributed by atoms with Gasteiger partial charge in [-0.3, -0.25) is 9.78 Å². The third kappa shape index (κ3) is 4.31. The predicted octanol–water partition coefficient (Wildman–Crippen LogP) is 3.31. The molecule has 6 heteroatoms. The number of carbonyl (C=O) groups excluding carboxylic acids is 1. The predicted molar refractivity (Wildman–Crippen MR) is 76.9 cm³/mol. The average Bonchev–Trinajstić information content (AvgIpc) is 2.36. The molecule has 0 atom stereocenters. The Hall–Kier alpha value is -2.37. The summed E-state index contributed by atoms with van der Waals surface area (Å²) in [6.45, 7) is 5.26. The lowest BCUT2D eigenvalue weighted by Gasteiger charge is -2.19. The number of esters is 1. The zero-order valence-corrected chi connectivity index (χ0v) is 12.6. The molecule has 0 amide bonds. The van der Waals surface area contributed by atoms with Gasteiger partial charge in [-0.2, -0.15) is 4.39 Å². The SMILES string of the molecule is CC(C)(C)OC(=O)Cc1cnc(-c2ccnc(F)c2)c(F)c1. The van der Waals surface area contributed by atoms with Gasteiger partial charge >= 0.3 is 5.97 Å². The summed E-state index contributed by atoms with van der Waals surface area (Å²) in [7, 11) is 0. The van der Waals surface area contributed by atoms with Gasteiger partial charge in [-0.1, -0.05) is 0 Å². The van der Waals surface area contributed by atoms with Crippen molar-refractivity contribution >= 4 is 5.97 Å². The molecule has 0 saturated carbocycles. The standard InChI is InChI=1S/C16H16F2N2O2/c1-16(2,3)22-14(21)7-10-6-12(17)15(20-9-10)11-4-5-19-13(18)8-11/h4-6,8-9H,7H2,1-3H3. The van der Waals surface area contributed by atoms with Crippen LogP contribution in [0.25, 0.3) is 11.3 Å². The van der Waals surface area contributed by atoms with Crippen molar-refractivity contribution in [2.24, 2.45) is 0 Å². The molecule has 2 heterocycles. The minimum absolute atomic E-state index is 0.00855. The van der Waals surface area contributed by atoms with Gasteiger partial charge in [-0.05, 0) is 38.5 Å². The first-order chi connectivity index (χ1) is 10.2. The fourth-order valence-electron chi connectivity index (χ4n) is 1.88. The molecule has 0 radical (unpaired) electrons. The van der Waals surface area contributed by atoms with Crippen molar-refractivity contribution in [3.8, 4) is 11.3 Å². The van der Waals surface area contributed by atoms with Crippen LogP contribution in [-0.4, -0.2) is 21.5 Å². The van der Waals surface area contributed by atoms with Gasteiger partial charge in [0.2, 0.25) is 5.95 Å². The molecular formula is C16H16F2N2O2. The van der Waals surface area contributed by atoms with E-state index < -0.39 is 23.3 Å². The molecule has 0 aliphatic heterocycles. The third-order valence-electron chi connectivity index (χ3n) is 2.67. The van der Waals surface area contributed by atoms with E-state index in [4.69, 9.17) is 4.74 Å². The van der Waals surface area contributed by atoms with E-state index >= 15 is 0 Å². The summed E-state index contributed by atoms with van der Waals surface area (Å²) in [4.78, 5) is 19.1. The van der Waals surface area contributed by atoms with Crippen LogP contribution in [0, 0.1) is 11.8 Å². The molecule has 4 nitrogen and oxygen atoms in total. The first-order valence-electron chi connectivity index (χ1n) is 6.73. The molecule has 2 rings (SSSR count). The topological polar surface area (TPSA) is 52.1 Å². The van der Waals surface area contributed by atoms with Crippen molar-refractivity contribution < 1.29 is 18.3 Å². The lowest BCUT2D eigenvalue weighted by atomic mass is 10.1. The maximum absolute atomic E-state index is 14.1. The van der Waals surface area contributed by atoms with E-state index in [2.05, 4.69) is 9.97 Å². The molecule has 0 fully saturated rings. The number of hydrogen-bond acceptors (Lipinski definition) is 4. The van der Waals surface area contributed by atoms with E-state index in [-0.39, 0.29) is 17.7 Å². The third-order valence-corrected chi connectivity index (χ3v) is 2.67. The molecule has 0 saturated heterocycles. The molecule has 0 aliphatic carbocycles. The Morgan fingerprint density at radius 3 is 2.55 bits per heavy atom. The monoisotopic (exact) mass is 306 g/mol. The van der Waals surface area contributed by atoms with Crippen molar-refractivity contribution in [2.75, 3.05) is 0 Å². The van der Waals surface area contributed by atoms with Crippen LogP contribution in [0.5, 0.6) is 0 Å². The normalized spacial score (nSPS) is 11.3. The van der Waals surface area contributed by atoms with E-state index in [1.54, 1.807) is 20.8 Å². The van der Waals surface area contributed by atoms with Crippen molar-refractivity contribution in [3.05, 3.63) is 47.9 Å². The lowest BCUT2D eigenvalue weighted by molar-refractivity contribution is -0.153. The van der Waals surface area contributed by atoms with E-state index in [9.17, 15) is 13.6 Å². The Kier molecular flexibility index (Phi) is 4.49. The lowest BCUT2D eigenvalue weighted by Crippen LogP contribution is -2.25. The first-order valence-corrected chi connectivity index (χ1v) is 6.73. The van der Waals surface area contributed by atoms with Gasteiger partial charge in [0.25, 0.3) is 0 Å². The van der Waals surface area contributed by atoms with Crippen molar-refractivity contribution in [1.29, 1.82) is 0 Å². The largest absolute Gasteiger partial charge is 0.460 e. The molecule has 2 aromatic rings. The summed E-state index contributed by atoms with van der Waals surface area (Å²) in [6.07, 6.45) is 2.53. The minimum Gasteiger partial charge on any atom is -0.460 e. The van der Waals surface area contributed by atoms with E-state index in [0.717, 1.165) is 6.07 Å². The molecule has 0 spiro atoms. The Morgan fingerprint density at radius 2 is 1.95 bits per heavy atom. The maximum Gasteiger partial charge on any atom is 0.310 e. The molecule has 116 valence electrons. The van der Waals surface area contributed by atoms with E-state index in [1.165, 1.54) is 24.5 Å². The highest BCUT2D eigenvalue weighted by Gasteiger charge is 2.17. The summed E-state index contributed by atoms with van der Waals surface area (Å²) in [5.41, 5.74) is 0.0884. The molecule has 0 bridgehead atoms. The van der Waals surface area contributed by atoms with Gasteiger partial charge < -0.3 is 4.74 Å². The maximum atomic E-state index is 14.1. The molecule has 0 aliphatic rings. The van der Waals surface area contributed by atoms with Crippen LogP contribution in [0.3, 0.4) is 0 Å². The first kappa shape index (κ1) is 16.0. The van der Waals surface area contributed by atoms with Gasteiger partial charge in [0, 0.05) is 24.0 Å². The zero-order chi connectivity index (χ0) is 16.3. The van der Waals surface area contributed by atoms with Crippen LogP contribution < -0.4 is 0 Å². The highest BCUT2D eigenvalue weighted by molar-refractivity contribution is 5.73. The minimum atomic E-state index is -0.712. The molecule has 22 heavy (non-hydrogen) atoms. The Balaban J connectivity index is 2.18. The quantitative estimate of drug-likeness (QED) is 0.645. The Morgan fingerprint density at radius 1 is 1.23 bits per heavy atom. The fraction of sp³-hybridized carbons (Fsp3) is 0.312. The fourth-order valence-corrected chi connectivity index (χ4v) is 1.88. The number of carbonyl (C=O) groups is 1. The van der Waals surface area contributed by atoms with Gasteiger partial charge in [-0.15, -0.1) is 0 Å². The molecule has 0 aromatic carbocycles. The van der Waals surface area contributed by atoms with Crippen LogP contribution in [0.2, 0.25) is 0 Å². The summed E-state index contributed by atoms with van der Waals surface area (Å²) in [5, 5.41) is 0. The van der Waals surface area contributed by atoms with Crippen molar-refractivity contribution in [3.63, 3.8) is 0 Å². The van der Waals surface area contributed by atoms with E-state index in [1.807, 2.05) is 0 Å². The number of ether oxygens (including phenoxy) is 1. The second kappa shape index (κ2) is 6.17. The number of aromatic nitrogens is 2. The number of pyridine rings is 2. The van der Waals surface area contributed by atoms with Crippen molar-refractivity contribution in [1.82, 2.24) is 9.97 Å². The highest BCUT2D eigenvalue weighted by atomic mass is 19.1. The smallest absolute Gasteiger partial charge is 0.310 e. The number of rotatable bonds is 3. The number of halogens is 2. The van der Waals surface area contributed by atoms with Crippen LogP contribution in [-0.2, 0) is 16.0 Å². The Labute approximate surface area is 127 Å². The molecule has 0 N–H and O–H groups in total. The number of nitrogens with zero attached hydrogens (tertiary/aromatic N) is 2. The van der Waals surface area contributed by atoms with Gasteiger partial charge in [0.05, 0.1) is 6.42 Å².